The average molecular weight is 224 g/mol. The maximum atomic E-state index is 5.80. The van der Waals surface area contributed by atoms with Crippen molar-refractivity contribution in [2.24, 2.45) is 0 Å². The van der Waals surface area contributed by atoms with Crippen LogP contribution in [-0.2, 0) is 6.42 Å². The standard InChI is InChI=1S/C15H16N2/c1-2-13(9-12-5-4-8-17-11-12)14-6-3-7-15(16)10-14/h2-8,10-11,13H,1,9,16H2. The summed E-state index contributed by atoms with van der Waals surface area (Å²) in [6.45, 7) is 3.90. The van der Waals surface area contributed by atoms with E-state index in [4.69, 9.17) is 5.73 Å². The molecule has 2 nitrogen and oxygen atoms in total. The van der Waals surface area contributed by atoms with Gasteiger partial charge in [0.05, 0.1) is 0 Å². The molecular formula is C15H16N2. The number of aromatic nitrogens is 1. The summed E-state index contributed by atoms with van der Waals surface area (Å²) in [6.07, 6.45) is 6.54. The zero-order valence-corrected chi connectivity index (χ0v) is 9.71. The van der Waals surface area contributed by atoms with Crippen LogP contribution in [0.5, 0.6) is 0 Å². The summed E-state index contributed by atoms with van der Waals surface area (Å²) >= 11 is 0. The van der Waals surface area contributed by atoms with Gasteiger partial charge in [0.15, 0.2) is 0 Å². The number of nitrogens with two attached hydrogens (primary N) is 1. The molecule has 0 aliphatic carbocycles. The second kappa shape index (κ2) is 5.30. The molecule has 2 rings (SSSR count). The molecule has 0 saturated heterocycles. The van der Waals surface area contributed by atoms with Gasteiger partial charge in [-0.05, 0) is 35.7 Å². The first-order valence-corrected chi connectivity index (χ1v) is 5.66. The van der Waals surface area contributed by atoms with E-state index in [1.165, 1.54) is 11.1 Å². The molecule has 86 valence electrons. The summed E-state index contributed by atoms with van der Waals surface area (Å²) in [5, 5.41) is 0. The first-order valence-electron chi connectivity index (χ1n) is 5.66. The van der Waals surface area contributed by atoms with E-state index in [0.29, 0.717) is 0 Å². The smallest absolute Gasteiger partial charge is 0.0316 e. The van der Waals surface area contributed by atoms with Crippen LogP contribution in [0.2, 0.25) is 0 Å². The van der Waals surface area contributed by atoms with Crippen LogP contribution < -0.4 is 5.73 Å². The van der Waals surface area contributed by atoms with Crippen LogP contribution in [0.3, 0.4) is 0 Å². The number of anilines is 1. The third-order valence-electron chi connectivity index (χ3n) is 2.80. The molecular weight excluding hydrogens is 208 g/mol. The molecule has 17 heavy (non-hydrogen) atoms. The van der Waals surface area contributed by atoms with Crippen LogP contribution in [0.4, 0.5) is 5.69 Å². The Balaban J connectivity index is 2.20. The van der Waals surface area contributed by atoms with Gasteiger partial charge < -0.3 is 5.73 Å². The second-order valence-electron chi connectivity index (χ2n) is 4.08. The van der Waals surface area contributed by atoms with Gasteiger partial charge in [0.2, 0.25) is 0 Å². The lowest BCUT2D eigenvalue weighted by Gasteiger charge is -2.13. The summed E-state index contributed by atoms with van der Waals surface area (Å²) < 4.78 is 0. The maximum Gasteiger partial charge on any atom is 0.0316 e. The molecule has 1 aromatic heterocycles. The molecule has 0 fully saturated rings. The fraction of sp³-hybridized carbons (Fsp3) is 0.133. The van der Waals surface area contributed by atoms with Gasteiger partial charge in [0.1, 0.15) is 0 Å². The quantitative estimate of drug-likeness (QED) is 0.640. The van der Waals surface area contributed by atoms with Gasteiger partial charge in [-0.2, -0.15) is 0 Å². The summed E-state index contributed by atoms with van der Waals surface area (Å²) in [4.78, 5) is 4.12. The lowest BCUT2D eigenvalue weighted by molar-refractivity contribution is 0.834. The highest BCUT2D eigenvalue weighted by Crippen LogP contribution is 2.23. The van der Waals surface area contributed by atoms with Crippen molar-refractivity contribution in [3.05, 3.63) is 72.6 Å². The molecule has 0 aliphatic heterocycles. The van der Waals surface area contributed by atoms with Crippen molar-refractivity contribution in [3.63, 3.8) is 0 Å². The minimum atomic E-state index is 0.280. The van der Waals surface area contributed by atoms with Crippen molar-refractivity contribution in [1.82, 2.24) is 4.98 Å². The van der Waals surface area contributed by atoms with E-state index in [0.717, 1.165) is 12.1 Å². The first kappa shape index (κ1) is 11.4. The number of nitrogens with zero attached hydrogens (tertiary/aromatic N) is 1. The molecule has 1 aromatic carbocycles. The number of allylic oxidation sites excluding steroid dienone is 1. The number of pyridine rings is 1. The molecule has 2 aromatic rings. The molecule has 0 radical (unpaired) electrons. The Morgan fingerprint density at radius 3 is 2.82 bits per heavy atom. The van der Waals surface area contributed by atoms with E-state index in [1.807, 2.05) is 36.5 Å². The summed E-state index contributed by atoms with van der Waals surface area (Å²) in [5.41, 5.74) is 9.00. The highest BCUT2D eigenvalue weighted by atomic mass is 14.6. The molecule has 1 atom stereocenters. The fourth-order valence-electron chi connectivity index (χ4n) is 1.90. The second-order valence-corrected chi connectivity index (χ2v) is 4.08. The van der Waals surface area contributed by atoms with Gasteiger partial charge in [-0.3, -0.25) is 4.98 Å². The van der Waals surface area contributed by atoms with Crippen LogP contribution in [0.15, 0.2) is 61.4 Å². The number of hydrogen-bond donors (Lipinski definition) is 1. The Bertz CT molecular complexity index is 491. The minimum absolute atomic E-state index is 0.280. The van der Waals surface area contributed by atoms with E-state index in [1.54, 1.807) is 6.20 Å². The van der Waals surface area contributed by atoms with Gasteiger partial charge in [0, 0.05) is 24.0 Å². The third-order valence-corrected chi connectivity index (χ3v) is 2.80. The maximum absolute atomic E-state index is 5.80. The topological polar surface area (TPSA) is 38.9 Å². The molecule has 0 aliphatic rings. The molecule has 0 amide bonds. The SMILES string of the molecule is C=CC(Cc1cccnc1)c1cccc(N)c1. The molecule has 0 bridgehead atoms. The zero-order chi connectivity index (χ0) is 12.1. The number of hydrogen-bond acceptors (Lipinski definition) is 2. The van der Waals surface area contributed by atoms with Crippen LogP contribution in [0.1, 0.15) is 17.0 Å². The fourth-order valence-corrected chi connectivity index (χ4v) is 1.90. The molecule has 1 heterocycles. The number of benzene rings is 1. The number of rotatable bonds is 4. The Labute approximate surface area is 102 Å². The van der Waals surface area contributed by atoms with Crippen LogP contribution >= 0.6 is 0 Å². The number of nitrogen functional groups attached to an aromatic ring is 1. The van der Waals surface area contributed by atoms with E-state index in [-0.39, 0.29) is 5.92 Å². The van der Waals surface area contributed by atoms with E-state index >= 15 is 0 Å². The van der Waals surface area contributed by atoms with Gasteiger partial charge in [-0.15, -0.1) is 6.58 Å². The van der Waals surface area contributed by atoms with Crippen molar-refractivity contribution in [2.45, 2.75) is 12.3 Å². The molecule has 0 spiro atoms. The first-order chi connectivity index (χ1) is 8.29. The van der Waals surface area contributed by atoms with Crippen LogP contribution in [-0.4, -0.2) is 4.98 Å². The predicted molar refractivity (Wildman–Crippen MR) is 71.7 cm³/mol. The average Bonchev–Trinajstić information content (AvgIpc) is 2.37. The molecule has 2 N–H and O–H groups in total. The molecule has 0 saturated carbocycles. The van der Waals surface area contributed by atoms with Crippen molar-refractivity contribution >= 4 is 5.69 Å². The largest absolute Gasteiger partial charge is 0.399 e. The summed E-state index contributed by atoms with van der Waals surface area (Å²) in [5.74, 6) is 0.280. The van der Waals surface area contributed by atoms with E-state index in [2.05, 4.69) is 23.7 Å². The van der Waals surface area contributed by atoms with Crippen LogP contribution in [0, 0.1) is 0 Å². The summed E-state index contributed by atoms with van der Waals surface area (Å²) in [6, 6.07) is 12.0. The Morgan fingerprint density at radius 1 is 1.29 bits per heavy atom. The van der Waals surface area contributed by atoms with Gasteiger partial charge in [0.25, 0.3) is 0 Å². The zero-order valence-electron chi connectivity index (χ0n) is 9.71. The van der Waals surface area contributed by atoms with Crippen molar-refractivity contribution in [1.29, 1.82) is 0 Å². The minimum Gasteiger partial charge on any atom is -0.399 e. The van der Waals surface area contributed by atoms with Crippen LogP contribution in [0.25, 0.3) is 0 Å². The predicted octanol–water partition coefficient (Wildman–Crippen LogP) is 3.18. The van der Waals surface area contributed by atoms with Gasteiger partial charge in [-0.1, -0.05) is 24.3 Å². The highest BCUT2D eigenvalue weighted by molar-refractivity contribution is 5.43. The Morgan fingerprint density at radius 2 is 2.18 bits per heavy atom. The lowest BCUT2D eigenvalue weighted by Crippen LogP contribution is -2.01. The Kier molecular flexibility index (Phi) is 3.55. The van der Waals surface area contributed by atoms with E-state index < -0.39 is 0 Å². The third kappa shape index (κ3) is 2.94. The highest BCUT2D eigenvalue weighted by Gasteiger charge is 2.08. The summed E-state index contributed by atoms with van der Waals surface area (Å²) in [7, 11) is 0. The molecule has 1 unspecified atom stereocenters. The van der Waals surface area contributed by atoms with Gasteiger partial charge in [-0.25, -0.2) is 0 Å². The van der Waals surface area contributed by atoms with Crippen molar-refractivity contribution in [3.8, 4) is 0 Å². The molecule has 2 heteroatoms. The lowest BCUT2D eigenvalue weighted by atomic mass is 9.92. The van der Waals surface area contributed by atoms with Gasteiger partial charge >= 0.3 is 0 Å². The monoisotopic (exact) mass is 224 g/mol. The van der Waals surface area contributed by atoms with Crippen molar-refractivity contribution in [2.75, 3.05) is 5.73 Å². The normalized spacial score (nSPS) is 12.0. The Hall–Kier alpha value is -2.09. The van der Waals surface area contributed by atoms with E-state index in [9.17, 15) is 0 Å². The van der Waals surface area contributed by atoms with Crippen molar-refractivity contribution < 1.29 is 0 Å².